The summed E-state index contributed by atoms with van der Waals surface area (Å²) in [4.78, 5) is 0. The molecule has 4 heteroatoms. The van der Waals surface area contributed by atoms with Crippen LogP contribution in [0.2, 0.25) is 5.02 Å². The van der Waals surface area contributed by atoms with Gasteiger partial charge < -0.3 is 0 Å². The van der Waals surface area contributed by atoms with Crippen molar-refractivity contribution in [1.82, 2.24) is 5.01 Å². The number of halogens is 1. The van der Waals surface area contributed by atoms with Crippen LogP contribution in [-0.4, -0.2) is 5.01 Å². The average Bonchev–Trinajstić information content (AvgIpc) is 2.70. The minimum absolute atomic E-state index is 0.0222. The Morgan fingerprint density at radius 3 is 2.30 bits per heavy atom. The average molecular weight is 374 g/mol. The molecule has 0 radical (unpaired) electrons. The second-order valence-corrected chi connectivity index (χ2v) is 7.12. The largest absolute Gasteiger partial charge is 0.263 e. The predicted molar refractivity (Wildman–Crippen MR) is 110 cm³/mol. The lowest BCUT2D eigenvalue weighted by Gasteiger charge is -2.29. The van der Waals surface area contributed by atoms with E-state index in [0.29, 0.717) is 11.6 Å². The lowest BCUT2D eigenvalue weighted by atomic mass is 10.0. The van der Waals surface area contributed by atoms with Crippen molar-refractivity contribution < 1.29 is 0 Å². The molecule has 1 heterocycles. The van der Waals surface area contributed by atoms with Crippen molar-refractivity contribution in [1.29, 1.82) is 0 Å². The molecule has 134 valence electrons. The van der Waals surface area contributed by atoms with E-state index in [9.17, 15) is 0 Å². The lowest BCUT2D eigenvalue weighted by molar-refractivity contribution is 0.211. The first kappa shape index (κ1) is 17.5. The molecule has 1 aliphatic heterocycles. The van der Waals surface area contributed by atoms with E-state index in [0.717, 1.165) is 11.3 Å². The highest BCUT2D eigenvalue weighted by Crippen LogP contribution is 2.33. The van der Waals surface area contributed by atoms with Gasteiger partial charge in [-0.05, 0) is 36.3 Å². The maximum atomic E-state index is 6.02. The van der Waals surface area contributed by atoms with Gasteiger partial charge in [-0.15, -0.1) is 5.11 Å². The zero-order valence-electron chi connectivity index (χ0n) is 15.1. The molecule has 0 spiro atoms. The van der Waals surface area contributed by atoms with Gasteiger partial charge in [0.25, 0.3) is 0 Å². The second-order valence-electron chi connectivity index (χ2n) is 6.69. The van der Waals surface area contributed by atoms with E-state index in [4.69, 9.17) is 11.6 Å². The predicted octanol–water partition coefficient (Wildman–Crippen LogP) is 6.61. The van der Waals surface area contributed by atoms with Gasteiger partial charge in [0.1, 0.15) is 0 Å². The molecule has 0 saturated heterocycles. The highest BCUT2D eigenvalue weighted by atomic mass is 35.5. The summed E-state index contributed by atoms with van der Waals surface area (Å²) in [5, 5.41) is 11.8. The first-order chi connectivity index (χ1) is 13.2. The molecule has 0 fully saturated rings. The third-order valence-electron chi connectivity index (χ3n) is 4.65. The van der Waals surface area contributed by atoms with Crippen molar-refractivity contribution in [2.24, 2.45) is 10.3 Å². The number of nitrogens with zero attached hydrogens (tertiary/aromatic N) is 3. The second kappa shape index (κ2) is 7.77. The third kappa shape index (κ3) is 4.09. The molecule has 0 aliphatic carbocycles. The first-order valence-electron chi connectivity index (χ1n) is 8.95. The van der Waals surface area contributed by atoms with E-state index in [1.54, 1.807) is 0 Å². The molecule has 0 bridgehead atoms. The highest BCUT2D eigenvalue weighted by Gasteiger charge is 2.22. The summed E-state index contributed by atoms with van der Waals surface area (Å²) in [6.45, 7) is 2.80. The molecule has 1 aliphatic rings. The summed E-state index contributed by atoms with van der Waals surface area (Å²) >= 11 is 6.02. The van der Waals surface area contributed by atoms with Crippen molar-refractivity contribution in [2.75, 3.05) is 0 Å². The molecule has 3 nitrogen and oxygen atoms in total. The Balaban J connectivity index is 1.69. The SMILES string of the molecule is Cc1ccc(C2C=C(c3ccc(Cl)cc3)N=NN2Cc2ccccc2)cc1. The molecule has 0 saturated carbocycles. The fourth-order valence-corrected chi connectivity index (χ4v) is 3.26. The fourth-order valence-electron chi connectivity index (χ4n) is 3.14. The van der Waals surface area contributed by atoms with Gasteiger partial charge in [-0.1, -0.05) is 89.1 Å². The van der Waals surface area contributed by atoms with Crippen molar-refractivity contribution in [3.05, 3.63) is 112 Å². The molecule has 1 atom stereocenters. The van der Waals surface area contributed by atoms with E-state index >= 15 is 0 Å². The van der Waals surface area contributed by atoms with Crippen LogP contribution in [0.3, 0.4) is 0 Å². The topological polar surface area (TPSA) is 28.0 Å². The maximum absolute atomic E-state index is 6.02. The normalized spacial score (nSPS) is 16.3. The van der Waals surface area contributed by atoms with E-state index in [-0.39, 0.29) is 6.04 Å². The molecule has 3 aromatic carbocycles. The highest BCUT2D eigenvalue weighted by molar-refractivity contribution is 6.30. The van der Waals surface area contributed by atoms with Crippen LogP contribution in [0, 0.1) is 6.92 Å². The quantitative estimate of drug-likeness (QED) is 0.505. The third-order valence-corrected chi connectivity index (χ3v) is 4.90. The van der Waals surface area contributed by atoms with Crippen LogP contribution in [-0.2, 0) is 6.54 Å². The Morgan fingerprint density at radius 2 is 1.59 bits per heavy atom. The number of aryl methyl sites for hydroxylation is 1. The molecule has 0 amide bonds. The summed E-state index contributed by atoms with van der Waals surface area (Å²) in [6.07, 6.45) is 2.17. The Morgan fingerprint density at radius 1 is 0.889 bits per heavy atom. The number of benzene rings is 3. The molecule has 4 rings (SSSR count). The van der Waals surface area contributed by atoms with Gasteiger partial charge in [-0.3, -0.25) is 5.01 Å². The summed E-state index contributed by atoms with van der Waals surface area (Å²) in [5.41, 5.74) is 5.52. The Hall–Kier alpha value is -2.91. The molecule has 0 N–H and O–H groups in total. The van der Waals surface area contributed by atoms with E-state index < -0.39 is 0 Å². The fraction of sp³-hybridized carbons (Fsp3) is 0.130. The molecule has 3 aromatic rings. The van der Waals surface area contributed by atoms with Crippen LogP contribution < -0.4 is 0 Å². The first-order valence-corrected chi connectivity index (χ1v) is 9.33. The summed E-state index contributed by atoms with van der Waals surface area (Å²) in [5.74, 6) is 0. The lowest BCUT2D eigenvalue weighted by Crippen LogP contribution is -2.24. The van der Waals surface area contributed by atoms with Gasteiger partial charge in [0, 0.05) is 10.6 Å². The van der Waals surface area contributed by atoms with E-state index in [1.807, 2.05) is 47.5 Å². The molecular weight excluding hydrogens is 354 g/mol. The van der Waals surface area contributed by atoms with Crippen molar-refractivity contribution >= 4 is 17.3 Å². The number of hydrogen-bond donors (Lipinski definition) is 0. The van der Waals surface area contributed by atoms with Gasteiger partial charge >= 0.3 is 0 Å². The Bertz CT molecular complexity index is 961. The van der Waals surface area contributed by atoms with Crippen LogP contribution in [0.15, 0.2) is 95.3 Å². The summed E-state index contributed by atoms with van der Waals surface area (Å²) in [7, 11) is 0. The molecule has 0 aromatic heterocycles. The maximum Gasteiger partial charge on any atom is 0.0946 e. The molecule has 27 heavy (non-hydrogen) atoms. The van der Waals surface area contributed by atoms with Gasteiger partial charge in [-0.2, -0.15) is 0 Å². The van der Waals surface area contributed by atoms with Crippen LogP contribution >= 0.6 is 11.6 Å². The van der Waals surface area contributed by atoms with Crippen LogP contribution in [0.1, 0.15) is 28.3 Å². The number of rotatable bonds is 4. The van der Waals surface area contributed by atoms with E-state index in [1.165, 1.54) is 16.7 Å². The minimum atomic E-state index is 0.0222. The standard InChI is InChI=1S/C23H20ClN3/c1-17-7-9-20(10-8-17)23-15-22(19-11-13-21(24)14-12-19)25-26-27(23)16-18-5-3-2-4-6-18/h2-15,23H,16H2,1H3. The molecule has 1 unspecified atom stereocenters. The number of hydrogen-bond acceptors (Lipinski definition) is 3. The Kier molecular flexibility index (Phi) is 5.03. The Labute approximate surface area is 164 Å². The van der Waals surface area contributed by atoms with Gasteiger partial charge in [0.05, 0.1) is 18.3 Å². The monoisotopic (exact) mass is 373 g/mol. The smallest absolute Gasteiger partial charge is 0.0946 e. The summed E-state index contributed by atoms with van der Waals surface area (Å²) < 4.78 is 0. The minimum Gasteiger partial charge on any atom is -0.263 e. The van der Waals surface area contributed by atoms with Crippen molar-refractivity contribution in [3.63, 3.8) is 0 Å². The van der Waals surface area contributed by atoms with E-state index in [2.05, 4.69) is 59.7 Å². The van der Waals surface area contributed by atoms with Crippen LogP contribution in [0.25, 0.3) is 5.70 Å². The molecular formula is C23H20ClN3. The van der Waals surface area contributed by atoms with Gasteiger partial charge in [0.15, 0.2) is 0 Å². The van der Waals surface area contributed by atoms with Crippen molar-refractivity contribution in [2.45, 2.75) is 19.5 Å². The van der Waals surface area contributed by atoms with Crippen molar-refractivity contribution in [3.8, 4) is 0 Å². The van der Waals surface area contributed by atoms with Gasteiger partial charge in [-0.25, -0.2) is 0 Å². The summed E-state index contributed by atoms with van der Waals surface area (Å²) in [6, 6.07) is 26.7. The van der Waals surface area contributed by atoms with Gasteiger partial charge in [0.2, 0.25) is 0 Å². The zero-order chi connectivity index (χ0) is 18.6. The zero-order valence-corrected chi connectivity index (χ0v) is 15.8. The van der Waals surface area contributed by atoms with Crippen LogP contribution in [0.5, 0.6) is 0 Å². The van der Waals surface area contributed by atoms with Crippen LogP contribution in [0.4, 0.5) is 0 Å².